The predicted molar refractivity (Wildman–Crippen MR) is 78.8 cm³/mol. The zero-order valence-corrected chi connectivity index (χ0v) is 11.8. The molecule has 1 heterocycles. The molecular formula is C17H23NO. The zero-order valence-electron chi connectivity index (χ0n) is 11.8. The molecule has 1 aromatic rings. The Morgan fingerprint density at radius 1 is 1.11 bits per heavy atom. The van der Waals surface area contributed by atoms with Crippen LogP contribution in [0.2, 0.25) is 0 Å². The fourth-order valence-corrected chi connectivity index (χ4v) is 3.95. The minimum Gasteiger partial charge on any atom is -0.368 e. The van der Waals surface area contributed by atoms with E-state index in [1.807, 2.05) is 12.1 Å². The fourth-order valence-electron chi connectivity index (χ4n) is 3.95. The lowest BCUT2D eigenvalue weighted by molar-refractivity contribution is 0.101. The van der Waals surface area contributed by atoms with Crippen LogP contribution in [0.5, 0.6) is 0 Å². The summed E-state index contributed by atoms with van der Waals surface area (Å²) in [5.74, 6) is 1.04. The molecule has 1 aromatic carbocycles. The molecule has 2 nitrogen and oxygen atoms in total. The van der Waals surface area contributed by atoms with Crippen molar-refractivity contribution in [2.75, 3.05) is 11.4 Å². The van der Waals surface area contributed by atoms with E-state index in [0.717, 1.165) is 18.0 Å². The summed E-state index contributed by atoms with van der Waals surface area (Å²) in [6.45, 7) is 2.80. The van der Waals surface area contributed by atoms with Gasteiger partial charge in [0.2, 0.25) is 0 Å². The van der Waals surface area contributed by atoms with Crippen LogP contribution < -0.4 is 4.90 Å². The quantitative estimate of drug-likeness (QED) is 0.745. The number of Topliss-reactive ketones (excluding diaryl/α,β-unsaturated/α-hetero) is 1. The molecule has 19 heavy (non-hydrogen) atoms. The maximum absolute atomic E-state index is 11.8. The van der Waals surface area contributed by atoms with Crippen molar-refractivity contribution in [1.82, 2.24) is 0 Å². The van der Waals surface area contributed by atoms with Crippen molar-refractivity contribution in [3.8, 4) is 0 Å². The number of piperidine rings is 1. The van der Waals surface area contributed by atoms with Gasteiger partial charge in [0.15, 0.2) is 5.78 Å². The van der Waals surface area contributed by atoms with Gasteiger partial charge in [0.1, 0.15) is 0 Å². The molecule has 0 spiro atoms. The second-order valence-electron chi connectivity index (χ2n) is 6.02. The third-order valence-electron chi connectivity index (χ3n) is 4.84. The smallest absolute Gasteiger partial charge is 0.161 e. The molecule has 1 saturated carbocycles. The van der Waals surface area contributed by atoms with Crippen LogP contribution in [0.3, 0.4) is 0 Å². The summed E-state index contributed by atoms with van der Waals surface area (Å²) >= 11 is 0. The van der Waals surface area contributed by atoms with Crippen LogP contribution in [0.25, 0.3) is 0 Å². The first kappa shape index (κ1) is 12.7. The summed E-state index contributed by atoms with van der Waals surface area (Å²) in [4.78, 5) is 14.4. The Morgan fingerprint density at radius 2 is 1.84 bits per heavy atom. The number of para-hydroxylation sites is 1. The Morgan fingerprint density at radius 3 is 2.68 bits per heavy atom. The second-order valence-corrected chi connectivity index (χ2v) is 6.02. The molecule has 0 N–H and O–H groups in total. The summed E-state index contributed by atoms with van der Waals surface area (Å²) in [6, 6.07) is 8.82. The van der Waals surface area contributed by atoms with E-state index in [2.05, 4.69) is 17.0 Å². The van der Waals surface area contributed by atoms with Crippen LogP contribution in [0.4, 0.5) is 5.69 Å². The summed E-state index contributed by atoms with van der Waals surface area (Å²) in [6.07, 6.45) is 8.07. The lowest BCUT2D eigenvalue weighted by Gasteiger charge is -2.46. The maximum Gasteiger partial charge on any atom is 0.161 e. The Hall–Kier alpha value is -1.31. The first-order valence-corrected chi connectivity index (χ1v) is 7.64. The highest BCUT2D eigenvalue weighted by Gasteiger charge is 2.34. The molecule has 2 unspecified atom stereocenters. The largest absolute Gasteiger partial charge is 0.368 e. The van der Waals surface area contributed by atoms with E-state index in [4.69, 9.17) is 0 Å². The van der Waals surface area contributed by atoms with E-state index in [1.165, 1.54) is 44.2 Å². The first-order valence-electron chi connectivity index (χ1n) is 7.64. The molecule has 1 aliphatic heterocycles. The molecule has 0 bridgehead atoms. The minimum atomic E-state index is 0.188. The fraction of sp³-hybridized carbons (Fsp3) is 0.588. The topological polar surface area (TPSA) is 20.3 Å². The van der Waals surface area contributed by atoms with E-state index < -0.39 is 0 Å². The molecule has 2 atom stereocenters. The molecule has 0 radical (unpaired) electrons. The Kier molecular flexibility index (Phi) is 3.58. The van der Waals surface area contributed by atoms with Crippen LogP contribution in [0.1, 0.15) is 55.8 Å². The standard InChI is InChI=1S/C17H23NO/c1-13(19)15-9-3-5-11-17(15)18-12-6-8-14-7-2-4-10-16(14)18/h3,5,9,11,14,16H,2,4,6-8,10,12H2,1H3. The molecular weight excluding hydrogens is 234 g/mol. The van der Waals surface area contributed by atoms with Gasteiger partial charge in [0, 0.05) is 23.8 Å². The van der Waals surface area contributed by atoms with Crippen molar-refractivity contribution in [2.24, 2.45) is 5.92 Å². The third kappa shape index (κ3) is 2.41. The first-order chi connectivity index (χ1) is 9.27. The summed E-state index contributed by atoms with van der Waals surface area (Å²) in [7, 11) is 0. The number of anilines is 1. The number of benzene rings is 1. The minimum absolute atomic E-state index is 0.188. The number of fused-ring (bicyclic) bond motifs is 1. The average molecular weight is 257 g/mol. The molecule has 102 valence electrons. The number of carbonyl (C=O) groups excluding carboxylic acids is 1. The molecule has 0 amide bonds. The van der Waals surface area contributed by atoms with E-state index in [-0.39, 0.29) is 5.78 Å². The van der Waals surface area contributed by atoms with Crippen molar-refractivity contribution >= 4 is 11.5 Å². The Labute approximate surface area is 115 Å². The molecule has 0 aromatic heterocycles. The number of carbonyl (C=O) groups is 1. The Bertz CT molecular complexity index is 466. The number of rotatable bonds is 2. The lowest BCUT2D eigenvalue weighted by Crippen LogP contribution is -2.47. The van der Waals surface area contributed by atoms with Gasteiger partial charge in [-0.25, -0.2) is 0 Å². The lowest BCUT2D eigenvalue weighted by atomic mass is 9.78. The van der Waals surface area contributed by atoms with Gasteiger partial charge >= 0.3 is 0 Å². The monoisotopic (exact) mass is 257 g/mol. The van der Waals surface area contributed by atoms with Gasteiger partial charge in [0.25, 0.3) is 0 Å². The van der Waals surface area contributed by atoms with E-state index in [9.17, 15) is 4.79 Å². The van der Waals surface area contributed by atoms with Gasteiger partial charge in [-0.15, -0.1) is 0 Å². The molecule has 3 rings (SSSR count). The van der Waals surface area contributed by atoms with E-state index in [0.29, 0.717) is 6.04 Å². The van der Waals surface area contributed by atoms with Gasteiger partial charge in [-0.3, -0.25) is 4.79 Å². The van der Waals surface area contributed by atoms with Crippen LogP contribution in [-0.4, -0.2) is 18.4 Å². The van der Waals surface area contributed by atoms with Crippen LogP contribution in [0, 0.1) is 5.92 Å². The van der Waals surface area contributed by atoms with Crippen LogP contribution >= 0.6 is 0 Å². The molecule has 2 aliphatic rings. The highest BCUT2D eigenvalue weighted by atomic mass is 16.1. The highest BCUT2D eigenvalue weighted by Crippen LogP contribution is 2.38. The van der Waals surface area contributed by atoms with Gasteiger partial charge < -0.3 is 4.90 Å². The van der Waals surface area contributed by atoms with Crippen molar-refractivity contribution < 1.29 is 4.79 Å². The second kappa shape index (κ2) is 5.36. The summed E-state index contributed by atoms with van der Waals surface area (Å²) in [5.41, 5.74) is 2.07. The molecule has 1 aliphatic carbocycles. The maximum atomic E-state index is 11.8. The summed E-state index contributed by atoms with van der Waals surface area (Å²) < 4.78 is 0. The number of hydrogen-bond acceptors (Lipinski definition) is 2. The zero-order chi connectivity index (χ0) is 13.2. The van der Waals surface area contributed by atoms with Gasteiger partial charge in [-0.2, -0.15) is 0 Å². The van der Waals surface area contributed by atoms with Gasteiger partial charge in [-0.1, -0.05) is 25.0 Å². The number of hydrogen-bond donors (Lipinski definition) is 0. The van der Waals surface area contributed by atoms with Crippen LogP contribution in [-0.2, 0) is 0 Å². The molecule has 1 saturated heterocycles. The van der Waals surface area contributed by atoms with Crippen molar-refractivity contribution in [3.63, 3.8) is 0 Å². The third-order valence-corrected chi connectivity index (χ3v) is 4.84. The number of nitrogens with zero attached hydrogens (tertiary/aromatic N) is 1. The van der Waals surface area contributed by atoms with Crippen molar-refractivity contribution in [1.29, 1.82) is 0 Å². The normalized spacial score (nSPS) is 26.9. The van der Waals surface area contributed by atoms with E-state index >= 15 is 0 Å². The SMILES string of the molecule is CC(=O)c1ccccc1N1CCCC2CCCCC21. The van der Waals surface area contributed by atoms with Gasteiger partial charge in [0.05, 0.1) is 0 Å². The van der Waals surface area contributed by atoms with Crippen molar-refractivity contribution in [2.45, 2.75) is 51.5 Å². The molecule has 2 heteroatoms. The van der Waals surface area contributed by atoms with E-state index in [1.54, 1.807) is 6.92 Å². The predicted octanol–water partition coefficient (Wildman–Crippen LogP) is 4.05. The van der Waals surface area contributed by atoms with Crippen molar-refractivity contribution in [3.05, 3.63) is 29.8 Å². The Balaban J connectivity index is 1.94. The van der Waals surface area contributed by atoms with Gasteiger partial charge in [-0.05, 0) is 50.7 Å². The van der Waals surface area contributed by atoms with Crippen LogP contribution in [0.15, 0.2) is 24.3 Å². The highest BCUT2D eigenvalue weighted by molar-refractivity contribution is 5.99. The average Bonchev–Trinajstić information content (AvgIpc) is 2.46. The summed E-state index contributed by atoms with van der Waals surface area (Å²) in [5, 5.41) is 0. The molecule has 2 fully saturated rings. The number of ketones is 1.